The number of ether oxygens (including phenoxy) is 1. The Morgan fingerprint density at radius 3 is 2.88 bits per heavy atom. The molecule has 0 N–H and O–H groups in total. The number of hydrogen-bond donors (Lipinski definition) is 0. The van der Waals surface area contributed by atoms with Gasteiger partial charge in [-0.2, -0.15) is 0 Å². The lowest BCUT2D eigenvalue weighted by molar-refractivity contribution is 0.0596. The van der Waals surface area contributed by atoms with E-state index in [1.54, 1.807) is 0 Å². The fraction of sp³-hybridized carbons (Fsp3) is 0.588. The van der Waals surface area contributed by atoms with Crippen LogP contribution in [0.15, 0.2) is 18.2 Å². The lowest BCUT2D eigenvalue weighted by Gasteiger charge is -2.36. The Labute approximate surface area is 152 Å². The van der Waals surface area contributed by atoms with Gasteiger partial charge in [0.25, 0.3) is 0 Å². The molecule has 1 fully saturated rings. The summed E-state index contributed by atoms with van der Waals surface area (Å²) in [5.74, 6) is 1.51. The molecule has 1 aromatic carbocycles. The predicted molar refractivity (Wildman–Crippen MR) is 97.1 cm³/mol. The molecule has 3 heterocycles. The Hall–Kier alpha value is -1.86. The van der Waals surface area contributed by atoms with Gasteiger partial charge >= 0.3 is 0 Å². The minimum absolute atomic E-state index is 0.592. The molecule has 0 amide bonds. The number of nitrogens with zero attached hydrogens (tertiary/aromatic N) is 6. The van der Waals surface area contributed by atoms with E-state index in [2.05, 4.69) is 38.4 Å². The van der Waals surface area contributed by atoms with E-state index in [1.165, 1.54) is 5.69 Å². The van der Waals surface area contributed by atoms with Gasteiger partial charge in [-0.05, 0) is 47.4 Å². The van der Waals surface area contributed by atoms with Crippen LogP contribution in [-0.2, 0) is 17.8 Å². The molecule has 0 saturated carbocycles. The van der Waals surface area contributed by atoms with Crippen LogP contribution in [0.5, 0.6) is 0 Å². The molecule has 25 heavy (non-hydrogen) atoms. The van der Waals surface area contributed by atoms with Crippen molar-refractivity contribution in [2.75, 3.05) is 43.2 Å². The van der Waals surface area contributed by atoms with Gasteiger partial charge in [-0.25, -0.2) is 4.68 Å². The minimum atomic E-state index is 0.592. The highest BCUT2D eigenvalue weighted by Crippen LogP contribution is 2.35. The molecular formula is C17H23ClN6O. The summed E-state index contributed by atoms with van der Waals surface area (Å²) in [4.78, 5) is 4.57. The summed E-state index contributed by atoms with van der Waals surface area (Å²) in [6, 6.07) is 6.05. The highest BCUT2D eigenvalue weighted by molar-refractivity contribution is 6.31. The smallest absolute Gasteiger partial charge is 0.170 e. The Kier molecular flexibility index (Phi) is 4.76. The second-order valence-electron chi connectivity index (χ2n) is 6.81. The molecular weight excluding hydrogens is 340 g/mol. The zero-order valence-electron chi connectivity index (χ0n) is 14.4. The maximum atomic E-state index is 6.17. The van der Waals surface area contributed by atoms with Crippen LogP contribution in [0.25, 0.3) is 0 Å². The molecule has 134 valence electrons. The van der Waals surface area contributed by atoms with E-state index >= 15 is 0 Å². The third kappa shape index (κ3) is 3.57. The first-order chi connectivity index (χ1) is 12.2. The zero-order valence-corrected chi connectivity index (χ0v) is 15.2. The Morgan fingerprint density at radius 2 is 2.04 bits per heavy atom. The maximum Gasteiger partial charge on any atom is 0.170 e. The van der Waals surface area contributed by atoms with Crippen LogP contribution in [0, 0.1) is 5.92 Å². The Bertz CT molecular complexity index is 730. The number of rotatable bonds is 4. The number of benzene rings is 1. The monoisotopic (exact) mass is 362 g/mol. The third-order valence-electron chi connectivity index (χ3n) is 5.11. The van der Waals surface area contributed by atoms with E-state index in [1.807, 2.05) is 16.8 Å². The van der Waals surface area contributed by atoms with Gasteiger partial charge in [0.15, 0.2) is 5.82 Å². The third-order valence-corrected chi connectivity index (χ3v) is 5.34. The number of hydrogen-bond acceptors (Lipinski definition) is 6. The lowest BCUT2D eigenvalue weighted by atomic mass is 10.0. The number of halogens is 1. The van der Waals surface area contributed by atoms with Crippen molar-refractivity contribution in [2.45, 2.75) is 25.9 Å². The Morgan fingerprint density at radius 1 is 1.20 bits per heavy atom. The summed E-state index contributed by atoms with van der Waals surface area (Å²) in [5, 5.41) is 13.2. The lowest BCUT2D eigenvalue weighted by Crippen LogP contribution is -2.39. The fourth-order valence-electron chi connectivity index (χ4n) is 3.57. The molecule has 1 saturated heterocycles. The first-order valence-electron chi connectivity index (χ1n) is 8.79. The normalized spacial score (nSPS) is 18.5. The van der Waals surface area contributed by atoms with Gasteiger partial charge in [-0.15, -0.1) is 5.10 Å². The second kappa shape index (κ2) is 7.17. The number of fused-ring (bicyclic) bond motifs is 1. The van der Waals surface area contributed by atoms with Crippen LogP contribution in [-0.4, -0.2) is 53.6 Å². The first kappa shape index (κ1) is 16.6. The first-order valence-corrected chi connectivity index (χ1v) is 9.17. The van der Waals surface area contributed by atoms with Crippen LogP contribution in [0.3, 0.4) is 0 Å². The van der Waals surface area contributed by atoms with Gasteiger partial charge in [0, 0.05) is 44.9 Å². The van der Waals surface area contributed by atoms with Gasteiger partial charge in [0.2, 0.25) is 0 Å². The van der Waals surface area contributed by atoms with Crippen molar-refractivity contribution < 1.29 is 4.74 Å². The highest BCUT2D eigenvalue weighted by atomic mass is 35.5. The van der Waals surface area contributed by atoms with Crippen molar-refractivity contribution in [3.05, 3.63) is 29.0 Å². The van der Waals surface area contributed by atoms with Crippen molar-refractivity contribution in [1.29, 1.82) is 0 Å². The molecule has 0 aliphatic carbocycles. The van der Waals surface area contributed by atoms with Crippen LogP contribution in [0.1, 0.15) is 18.7 Å². The van der Waals surface area contributed by atoms with Gasteiger partial charge in [0.05, 0.1) is 17.9 Å². The summed E-state index contributed by atoms with van der Waals surface area (Å²) in [5.41, 5.74) is 2.33. The summed E-state index contributed by atoms with van der Waals surface area (Å²) in [6.07, 6.45) is 2.16. The number of anilines is 2. The number of aromatic nitrogens is 4. The van der Waals surface area contributed by atoms with E-state index < -0.39 is 0 Å². The van der Waals surface area contributed by atoms with E-state index in [4.69, 9.17) is 16.3 Å². The van der Waals surface area contributed by atoms with Crippen LogP contribution in [0.4, 0.5) is 11.4 Å². The predicted octanol–water partition coefficient (Wildman–Crippen LogP) is 2.21. The van der Waals surface area contributed by atoms with E-state index in [9.17, 15) is 0 Å². The summed E-state index contributed by atoms with van der Waals surface area (Å²) in [7, 11) is 2.10. The molecule has 0 radical (unpaired) electrons. The van der Waals surface area contributed by atoms with Crippen molar-refractivity contribution in [1.82, 2.24) is 20.2 Å². The van der Waals surface area contributed by atoms with E-state index in [0.29, 0.717) is 12.5 Å². The van der Waals surface area contributed by atoms with E-state index in [-0.39, 0.29) is 0 Å². The molecule has 0 spiro atoms. The largest absolute Gasteiger partial charge is 0.381 e. The highest BCUT2D eigenvalue weighted by Gasteiger charge is 2.23. The Balaban J connectivity index is 1.52. The molecule has 0 unspecified atom stereocenters. The van der Waals surface area contributed by atoms with Gasteiger partial charge in [-0.1, -0.05) is 11.6 Å². The average molecular weight is 363 g/mol. The van der Waals surface area contributed by atoms with Crippen molar-refractivity contribution in [2.24, 2.45) is 5.92 Å². The van der Waals surface area contributed by atoms with Crippen molar-refractivity contribution in [3.8, 4) is 0 Å². The molecule has 8 heteroatoms. The average Bonchev–Trinajstić information content (AvgIpc) is 3.05. The summed E-state index contributed by atoms with van der Waals surface area (Å²) in [6.45, 7) is 5.15. The number of likely N-dealkylation sites (N-methyl/N-ethyl adjacent to an activating group) is 1. The van der Waals surface area contributed by atoms with Gasteiger partial charge < -0.3 is 14.5 Å². The number of tetrazole rings is 1. The van der Waals surface area contributed by atoms with Crippen LogP contribution >= 0.6 is 11.6 Å². The standard InChI is InChI=1S/C17H23ClN6O/c1-22-6-7-23(15-3-2-14(18)10-16(15)22)12-17-19-20-21-24(17)11-13-4-8-25-9-5-13/h2-3,10,13H,4-9,11-12H2,1H3. The van der Waals surface area contributed by atoms with Crippen LogP contribution in [0.2, 0.25) is 5.02 Å². The van der Waals surface area contributed by atoms with Crippen molar-refractivity contribution >= 4 is 23.0 Å². The fourth-order valence-corrected chi connectivity index (χ4v) is 3.73. The van der Waals surface area contributed by atoms with Crippen LogP contribution < -0.4 is 9.80 Å². The van der Waals surface area contributed by atoms with Gasteiger partial charge in [0.1, 0.15) is 0 Å². The summed E-state index contributed by atoms with van der Waals surface area (Å²) < 4.78 is 7.41. The molecule has 2 aliphatic heterocycles. The summed E-state index contributed by atoms with van der Waals surface area (Å²) >= 11 is 6.17. The molecule has 0 bridgehead atoms. The molecule has 4 rings (SSSR count). The second-order valence-corrected chi connectivity index (χ2v) is 7.25. The zero-order chi connectivity index (χ0) is 17.2. The topological polar surface area (TPSA) is 59.3 Å². The quantitative estimate of drug-likeness (QED) is 0.831. The SMILES string of the molecule is CN1CCN(Cc2nnnn2CC2CCOCC2)c2ccc(Cl)cc21. The molecule has 7 nitrogen and oxygen atoms in total. The van der Waals surface area contributed by atoms with E-state index in [0.717, 1.165) is 62.2 Å². The molecule has 0 atom stereocenters. The molecule has 2 aliphatic rings. The molecule has 1 aromatic heterocycles. The minimum Gasteiger partial charge on any atom is -0.381 e. The van der Waals surface area contributed by atoms with Crippen molar-refractivity contribution in [3.63, 3.8) is 0 Å². The molecule has 2 aromatic rings. The maximum absolute atomic E-state index is 6.17. The van der Waals surface area contributed by atoms with Gasteiger partial charge in [-0.3, -0.25) is 0 Å².